The van der Waals surface area contributed by atoms with Gasteiger partial charge in [0.2, 0.25) is 0 Å². The molecule has 0 aromatic heterocycles. The zero-order valence-electron chi connectivity index (χ0n) is 12.1. The van der Waals surface area contributed by atoms with Gasteiger partial charge in [-0.25, -0.2) is 0 Å². The van der Waals surface area contributed by atoms with Crippen LogP contribution in [0.25, 0.3) is 0 Å². The molecule has 106 valence electrons. The lowest BCUT2D eigenvalue weighted by Crippen LogP contribution is -2.12. The van der Waals surface area contributed by atoms with Crippen LogP contribution in [0.4, 0.5) is 0 Å². The first-order chi connectivity index (χ1) is 9.85. The lowest BCUT2D eigenvalue weighted by Gasteiger charge is -2.14. The van der Waals surface area contributed by atoms with E-state index in [-0.39, 0.29) is 0 Å². The Labute approximate surface area is 120 Å². The van der Waals surface area contributed by atoms with E-state index in [2.05, 4.69) is 18.3 Å². The molecule has 0 saturated carbocycles. The Morgan fingerprint density at radius 2 is 1.50 bits per heavy atom. The number of nitrogens with one attached hydrogen (secondary N) is 1. The van der Waals surface area contributed by atoms with Crippen LogP contribution in [0, 0.1) is 0 Å². The molecule has 0 atom stereocenters. The van der Waals surface area contributed by atoms with Crippen LogP contribution >= 0.6 is 0 Å². The van der Waals surface area contributed by atoms with Crippen molar-refractivity contribution in [1.29, 1.82) is 0 Å². The van der Waals surface area contributed by atoms with E-state index in [0.29, 0.717) is 6.61 Å². The van der Waals surface area contributed by atoms with Crippen molar-refractivity contribution in [3.63, 3.8) is 0 Å². The smallest absolute Gasteiger partial charge is 0.169 e. The maximum atomic E-state index is 6.03. The second-order valence-corrected chi connectivity index (χ2v) is 4.37. The molecule has 20 heavy (non-hydrogen) atoms. The fraction of sp³-hybridized carbons (Fsp3) is 0.294. The quantitative estimate of drug-likeness (QED) is 0.826. The largest absolute Gasteiger partial charge is 0.490 e. The number of hydrogen-bond donors (Lipinski definition) is 1. The molecule has 0 amide bonds. The van der Waals surface area contributed by atoms with Crippen LogP contribution in [0.2, 0.25) is 0 Å². The SMILES string of the molecule is CCNCc1ccccc1Oc1ccccc1OCC. The second-order valence-electron chi connectivity index (χ2n) is 4.37. The third-order valence-corrected chi connectivity index (χ3v) is 2.91. The Hall–Kier alpha value is -2.00. The van der Waals surface area contributed by atoms with Crippen molar-refractivity contribution in [3.05, 3.63) is 54.1 Å². The van der Waals surface area contributed by atoms with Crippen LogP contribution < -0.4 is 14.8 Å². The van der Waals surface area contributed by atoms with Gasteiger partial charge in [0, 0.05) is 12.1 Å². The summed E-state index contributed by atoms with van der Waals surface area (Å²) in [4.78, 5) is 0. The molecule has 0 unspecified atom stereocenters. The highest BCUT2D eigenvalue weighted by atomic mass is 16.5. The Bertz CT molecular complexity index is 540. The van der Waals surface area contributed by atoms with Crippen LogP contribution in [0.5, 0.6) is 17.2 Å². The zero-order chi connectivity index (χ0) is 14.2. The molecule has 1 N–H and O–H groups in total. The Morgan fingerprint density at radius 3 is 2.20 bits per heavy atom. The van der Waals surface area contributed by atoms with Gasteiger partial charge in [0.1, 0.15) is 5.75 Å². The van der Waals surface area contributed by atoms with Gasteiger partial charge < -0.3 is 14.8 Å². The maximum absolute atomic E-state index is 6.03. The number of benzene rings is 2. The molecule has 2 aromatic rings. The first-order valence-electron chi connectivity index (χ1n) is 7.03. The number of hydrogen-bond acceptors (Lipinski definition) is 3. The van der Waals surface area contributed by atoms with E-state index in [4.69, 9.17) is 9.47 Å². The van der Waals surface area contributed by atoms with Crippen LogP contribution in [0.3, 0.4) is 0 Å². The molecule has 3 nitrogen and oxygen atoms in total. The summed E-state index contributed by atoms with van der Waals surface area (Å²) < 4.78 is 11.6. The van der Waals surface area contributed by atoms with E-state index in [0.717, 1.165) is 35.9 Å². The monoisotopic (exact) mass is 271 g/mol. The fourth-order valence-electron chi connectivity index (χ4n) is 1.94. The van der Waals surface area contributed by atoms with Crippen molar-refractivity contribution in [3.8, 4) is 17.2 Å². The van der Waals surface area contributed by atoms with Crippen LogP contribution in [-0.2, 0) is 6.54 Å². The van der Waals surface area contributed by atoms with Crippen molar-refractivity contribution in [2.75, 3.05) is 13.2 Å². The molecular weight excluding hydrogens is 250 g/mol. The molecule has 0 bridgehead atoms. The highest BCUT2D eigenvalue weighted by Crippen LogP contribution is 2.32. The molecule has 0 saturated heterocycles. The van der Waals surface area contributed by atoms with E-state index in [1.54, 1.807) is 0 Å². The topological polar surface area (TPSA) is 30.5 Å². The van der Waals surface area contributed by atoms with Crippen molar-refractivity contribution >= 4 is 0 Å². The zero-order valence-corrected chi connectivity index (χ0v) is 12.1. The Morgan fingerprint density at radius 1 is 0.850 bits per heavy atom. The summed E-state index contributed by atoms with van der Waals surface area (Å²) in [6, 6.07) is 15.8. The summed E-state index contributed by atoms with van der Waals surface area (Å²) in [5.74, 6) is 2.38. The standard InChI is InChI=1S/C17H21NO2/c1-3-18-13-14-9-5-6-10-15(14)20-17-12-8-7-11-16(17)19-4-2/h5-12,18H,3-4,13H2,1-2H3. The van der Waals surface area contributed by atoms with E-state index >= 15 is 0 Å². The van der Waals surface area contributed by atoms with Crippen molar-refractivity contribution in [2.45, 2.75) is 20.4 Å². The van der Waals surface area contributed by atoms with Gasteiger partial charge in [0.25, 0.3) is 0 Å². The van der Waals surface area contributed by atoms with Gasteiger partial charge in [-0.15, -0.1) is 0 Å². The Kier molecular flexibility index (Phi) is 5.44. The molecule has 0 heterocycles. The summed E-state index contributed by atoms with van der Waals surface area (Å²) in [7, 11) is 0. The molecule has 0 fully saturated rings. The molecule has 2 aromatic carbocycles. The van der Waals surface area contributed by atoms with Crippen molar-refractivity contribution in [2.24, 2.45) is 0 Å². The van der Waals surface area contributed by atoms with E-state index in [9.17, 15) is 0 Å². The molecule has 2 rings (SSSR count). The predicted molar refractivity (Wildman–Crippen MR) is 81.5 cm³/mol. The van der Waals surface area contributed by atoms with Gasteiger partial charge in [-0.05, 0) is 31.7 Å². The first kappa shape index (κ1) is 14.4. The Balaban J connectivity index is 2.21. The highest BCUT2D eigenvalue weighted by Gasteiger charge is 2.08. The van der Waals surface area contributed by atoms with Gasteiger partial charge in [-0.3, -0.25) is 0 Å². The number of para-hydroxylation sites is 3. The van der Waals surface area contributed by atoms with E-state index < -0.39 is 0 Å². The third kappa shape index (κ3) is 3.75. The van der Waals surface area contributed by atoms with Crippen molar-refractivity contribution < 1.29 is 9.47 Å². The molecule has 0 aliphatic heterocycles. The van der Waals surface area contributed by atoms with Gasteiger partial charge in [-0.1, -0.05) is 37.3 Å². The van der Waals surface area contributed by atoms with Crippen LogP contribution in [0.15, 0.2) is 48.5 Å². The average Bonchev–Trinajstić information content (AvgIpc) is 2.49. The van der Waals surface area contributed by atoms with Gasteiger partial charge in [-0.2, -0.15) is 0 Å². The second kappa shape index (κ2) is 7.56. The average molecular weight is 271 g/mol. The van der Waals surface area contributed by atoms with E-state index in [1.807, 2.05) is 49.4 Å². The summed E-state index contributed by atoms with van der Waals surface area (Å²) in [5.41, 5.74) is 1.14. The molecule has 0 aliphatic rings. The van der Waals surface area contributed by atoms with Gasteiger partial charge in [0.05, 0.1) is 6.61 Å². The summed E-state index contributed by atoms with van der Waals surface area (Å²) in [5, 5.41) is 3.32. The number of rotatable bonds is 7. The van der Waals surface area contributed by atoms with Crippen molar-refractivity contribution in [1.82, 2.24) is 5.32 Å². The minimum absolute atomic E-state index is 0.624. The highest BCUT2D eigenvalue weighted by molar-refractivity contribution is 5.44. The molecule has 3 heteroatoms. The summed E-state index contributed by atoms with van der Waals surface area (Å²) in [6.07, 6.45) is 0. The summed E-state index contributed by atoms with van der Waals surface area (Å²) in [6.45, 7) is 6.41. The minimum Gasteiger partial charge on any atom is -0.490 e. The van der Waals surface area contributed by atoms with Crippen LogP contribution in [0.1, 0.15) is 19.4 Å². The summed E-state index contributed by atoms with van der Waals surface area (Å²) >= 11 is 0. The molecular formula is C17H21NO2. The lowest BCUT2D eigenvalue weighted by molar-refractivity contribution is 0.321. The molecule has 0 radical (unpaired) electrons. The van der Waals surface area contributed by atoms with Crippen LogP contribution in [-0.4, -0.2) is 13.2 Å². The number of ether oxygens (including phenoxy) is 2. The third-order valence-electron chi connectivity index (χ3n) is 2.91. The minimum atomic E-state index is 0.624. The maximum Gasteiger partial charge on any atom is 0.169 e. The molecule has 0 aliphatic carbocycles. The molecule has 0 spiro atoms. The predicted octanol–water partition coefficient (Wildman–Crippen LogP) is 3.99. The van der Waals surface area contributed by atoms with E-state index in [1.165, 1.54) is 0 Å². The lowest BCUT2D eigenvalue weighted by atomic mass is 10.2. The van der Waals surface area contributed by atoms with Gasteiger partial charge >= 0.3 is 0 Å². The normalized spacial score (nSPS) is 10.3. The first-order valence-corrected chi connectivity index (χ1v) is 7.03. The fourth-order valence-corrected chi connectivity index (χ4v) is 1.94. The van der Waals surface area contributed by atoms with Gasteiger partial charge in [0.15, 0.2) is 11.5 Å².